The molecule has 0 aliphatic rings. The summed E-state index contributed by atoms with van der Waals surface area (Å²) < 4.78 is 42.1. The third-order valence-electron chi connectivity index (χ3n) is 1.75. The Morgan fingerprint density at radius 2 is 2.36 bits per heavy atom. The Balaban J connectivity index is 3.35. The van der Waals surface area contributed by atoms with Crippen molar-refractivity contribution < 1.29 is 21.6 Å². The Bertz CT molecular complexity index is 447. The standard InChI is InChI=1S/C10H15BO3/c1-3-8-5-6-9(14-4-2)7-10(8)11(12)13/h5-7,12-13H,3-4H2,1-2H3/i1D3,3D2. The van der Waals surface area contributed by atoms with E-state index in [4.69, 9.17) is 11.6 Å². The molecule has 2 N–H and O–H groups in total. The van der Waals surface area contributed by atoms with Crippen LogP contribution in [0.3, 0.4) is 0 Å². The SMILES string of the molecule is [2H]C([2H])([2H])C([2H])([2H])c1ccc(OCC)cc1B(O)O. The summed E-state index contributed by atoms with van der Waals surface area (Å²) >= 11 is 0. The maximum Gasteiger partial charge on any atom is 0.488 e. The van der Waals surface area contributed by atoms with E-state index >= 15 is 0 Å². The molecule has 14 heavy (non-hydrogen) atoms. The van der Waals surface area contributed by atoms with Crippen LogP contribution in [-0.2, 0) is 6.37 Å². The van der Waals surface area contributed by atoms with E-state index in [0.717, 1.165) is 0 Å². The lowest BCUT2D eigenvalue weighted by Gasteiger charge is -2.09. The number of hydrogen-bond acceptors (Lipinski definition) is 3. The van der Waals surface area contributed by atoms with Gasteiger partial charge in [-0.1, -0.05) is 12.9 Å². The van der Waals surface area contributed by atoms with Gasteiger partial charge in [-0.25, -0.2) is 0 Å². The average Bonchev–Trinajstić information content (AvgIpc) is 2.27. The lowest BCUT2D eigenvalue weighted by atomic mass is 9.76. The number of aryl methyl sites for hydroxylation is 1. The van der Waals surface area contributed by atoms with Crippen molar-refractivity contribution in [2.45, 2.75) is 20.1 Å². The van der Waals surface area contributed by atoms with Gasteiger partial charge < -0.3 is 14.8 Å². The molecular weight excluding hydrogens is 179 g/mol. The van der Waals surface area contributed by atoms with E-state index < -0.39 is 20.3 Å². The van der Waals surface area contributed by atoms with Crippen LogP contribution in [0, 0.1) is 0 Å². The van der Waals surface area contributed by atoms with Crippen LogP contribution in [0.5, 0.6) is 5.75 Å². The molecule has 0 saturated carbocycles. The molecule has 0 spiro atoms. The Labute approximate surface area is 91.5 Å². The van der Waals surface area contributed by atoms with Crippen LogP contribution in [0.1, 0.15) is 26.2 Å². The fraction of sp³-hybridized carbons (Fsp3) is 0.400. The van der Waals surface area contributed by atoms with E-state index in [1.54, 1.807) is 6.92 Å². The van der Waals surface area contributed by atoms with Gasteiger partial charge in [0.25, 0.3) is 0 Å². The van der Waals surface area contributed by atoms with E-state index in [2.05, 4.69) is 0 Å². The van der Waals surface area contributed by atoms with Gasteiger partial charge in [0.1, 0.15) is 5.75 Å². The van der Waals surface area contributed by atoms with E-state index in [-0.39, 0.29) is 11.0 Å². The van der Waals surface area contributed by atoms with Crippen molar-refractivity contribution in [1.82, 2.24) is 0 Å². The van der Waals surface area contributed by atoms with Crippen LogP contribution >= 0.6 is 0 Å². The highest BCUT2D eigenvalue weighted by Crippen LogP contribution is 2.11. The predicted molar refractivity (Wildman–Crippen MR) is 56.8 cm³/mol. The third kappa shape index (κ3) is 2.50. The summed E-state index contributed by atoms with van der Waals surface area (Å²) in [7, 11) is -1.98. The molecule has 3 nitrogen and oxygen atoms in total. The van der Waals surface area contributed by atoms with Gasteiger partial charge in [-0.15, -0.1) is 0 Å². The fourth-order valence-electron chi connectivity index (χ4n) is 1.12. The summed E-state index contributed by atoms with van der Waals surface area (Å²) in [6.07, 6.45) is -2.68. The van der Waals surface area contributed by atoms with Gasteiger partial charge in [0.05, 0.1) is 6.61 Å². The first-order chi connectivity index (χ1) is 8.61. The number of hydrogen-bond donors (Lipinski definition) is 2. The first kappa shape index (κ1) is 5.78. The van der Waals surface area contributed by atoms with Gasteiger partial charge in [0.15, 0.2) is 0 Å². The second kappa shape index (κ2) is 5.03. The minimum absolute atomic E-state index is 0.216. The maximum absolute atomic E-state index is 9.28. The second-order valence-electron chi connectivity index (χ2n) is 2.68. The minimum Gasteiger partial charge on any atom is -0.494 e. The first-order valence-electron chi connectivity index (χ1n) is 6.74. The Hall–Kier alpha value is -0.995. The summed E-state index contributed by atoms with van der Waals surface area (Å²) in [6, 6.07) is 3.83. The smallest absolute Gasteiger partial charge is 0.488 e. The Morgan fingerprint density at radius 3 is 2.93 bits per heavy atom. The van der Waals surface area contributed by atoms with Gasteiger partial charge in [0, 0.05) is 6.85 Å². The molecule has 0 saturated heterocycles. The van der Waals surface area contributed by atoms with Crippen molar-refractivity contribution in [2.24, 2.45) is 0 Å². The second-order valence-corrected chi connectivity index (χ2v) is 2.68. The van der Waals surface area contributed by atoms with Crippen LogP contribution in [-0.4, -0.2) is 23.8 Å². The van der Waals surface area contributed by atoms with Crippen LogP contribution < -0.4 is 10.2 Å². The van der Waals surface area contributed by atoms with E-state index in [1.165, 1.54) is 18.2 Å². The monoisotopic (exact) mass is 199 g/mol. The summed E-state index contributed by atoms with van der Waals surface area (Å²) in [6.45, 7) is -0.819. The third-order valence-corrected chi connectivity index (χ3v) is 1.75. The lowest BCUT2D eigenvalue weighted by Crippen LogP contribution is -2.32. The maximum atomic E-state index is 9.28. The van der Waals surface area contributed by atoms with Crippen molar-refractivity contribution in [1.29, 1.82) is 0 Å². The van der Waals surface area contributed by atoms with Crippen molar-refractivity contribution in [3.8, 4) is 5.75 Å². The van der Waals surface area contributed by atoms with Gasteiger partial charge >= 0.3 is 7.12 Å². The zero-order valence-corrected chi connectivity index (χ0v) is 7.82. The molecule has 0 bridgehead atoms. The summed E-state index contributed by atoms with van der Waals surface area (Å²) in [5, 5.41) is 18.6. The molecule has 0 radical (unpaired) electrons. The van der Waals surface area contributed by atoms with Crippen molar-refractivity contribution in [3.05, 3.63) is 23.8 Å². The molecule has 1 rings (SSSR count). The van der Waals surface area contributed by atoms with Crippen LogP contribution in [0.4, 0.5) is 0 Å². The van der Waals surface area contributed by atoms with Gasteiger partial charge in [-0.3, -0.25) is 0 Å². The van der Waals surface area contributed by atoms with Crippen LogP contribution in [0.15, 0.2) is 18.2 Å². The fourth-order valence-corrected chi connectivity index (χ4v) is 1.12. The topological polar surface area (TPSA) is 49.7 Å². The van der Waals surface area contributed by atoms with Crippen molar-refractivity contribution in [2.75, 3.05) is 6.61 Å². The van der Waals surface area contributed by atoms with Gasteiger partial charge in [-0.05, 0) is 36.5 Å². The molecule has 4 heteroatoms. The normalized spacial score (nSPS) is 17.2. The quantitative estimate of drug-likeness (QED) is 0.687. The average molecular weight is 199 g/mol. The minimum atomic E-state index is -2.91. The molecule has 0 aliphatic heterocycles. The molecule has 0 heterocycles. The molecule has 0 atom stereocenters. The molecule has 1 aromatic carbocycles. The molecule has 76 valence electrons. The van der Waals surface area contributed by atoms with Gasteiger partial charge in [-0.2, -0.15) is 0 Å². The molecule has 0 aromatic heterocycles. The summed E-state index contributed by atoms with van der Waals surface area (Å²) in [5.41, 5.74) is -0.502. The number of rotatable bonds is 4. The van der Waals surface area contributed by atoms with Crippen molar-refractivity contribution in [3.63, 3.8) is 0 Å². The van der Waals surface area contributed by atoms with E-state index in [9.17, 15) is 10.0 Å². The van der Waals surface area contributed by atoms with Crippen molar-refractivity contribution >= 4 is 12.6 Å². The molecule has 0 aliphatic carbocycles. The molecule has 0 fully saturated rings. The largest absolute Gasteiger partial charge is 0.494 e. The highest BCUT2D eigenvalue weighted by Gasteiger charge is 2.15. The summed E-state index contributed by atoms with van der Waals surface area (Å²) in [4.78, 5) is 0. The Kier molecular flexibility index (Phi) is 2.08. The lowest BCUT2D eigenvalue weighted by molar-refractivity contribution is 0.340. The molecular formula is C10H15BO3. The Morgan fingerprint density at radius 1 is 1.57 bits per heavy atom. The highest BCUT2D eigenvalue weighted by molar-refractivity contribution is 6.59. The van der Waals surface area contributed by atoms with E-state index in [0.29, 0.717) is 12.4 Å². The first-order valence-corrected chi connectivity index (χ1v) is 4.24. The van der Waals surface area contributed by atoms with Gasteiger partial charge in [0.2, 0.25) is 0 Å². The number of benzene rings is 1. The predicted octanol–water partition coefficient (Wildman–Crippen LogP) is 0.327. The van der Waals surface area contributed by atoms with E-state index in [1.807, 2.05) is 0 Å². The molecule has 0 unspecified atom stereocenters. The highest BCUT2D eigenvalue weighted by atomic mass is 16.5. The van der Waals surface area contributed by atoms with Crippen LogP contribution in [0.25, 0.3) is 0 Å². The molecule has 0 amide bonds. The van der Waals surface area contributed by atoms with Crippen LogP contribution in [0.2, 0.25) is 0 Å². The number of ether oxygens (including phenoxy) is 1. The summed E-state index contributed by atoms with van der Waals surface area (Å²) in [5.74, 6) is 0.315. The zero-order chi connectivity index (χ0) is 14.8. The zero-order valence-electron chi connectivity index (χ0n) is 12.8. The molecule has 1 aromatic rings.